The van der Waals surface area contributed by atoms with Gasteiger partial charge in [0.2, 0.25) is 5.91 Å². The molecule has 2 aromatic heterocycles. The number of hydrogen-bond donors (Lipinski definition) is 2. The molecule has 0 aliphatic rings. The number of ether oxygens (including phenoxy) is 1. The predicted octanol–water partition coefficient (Wildman–Crippen LogP) is 2.48. The maximum absolute atomic E-state index is 12.3. The van der Waals surface area contributed by atoms with Crippen LogP contribution in [0.5, 0.6) is 0 Å². The van der Waals surface area contributed by atoms with Gasteiger partial charge in [-0.1, -0.05) is 23.1 Å². The fourth-order valence-corrected chi connectivity index (χ4v) is 4.78. The number of anilines is 1. The molecule has 0 atom stereocenters. The summed E-state index contributed by atoms with van der Waals surface area (Å²) in [4.78, 5) is 36.9. The number of aromatic nitrogens is 2. The third kappa shape index (κ3) is 4.80. The van der Waals surface area contributed by atoms with Crippen LogP contribution >= 0.6 is 34.4 Å². The van der Waals surface area contributed by atoms with Crippen LogP contribution in [0.3, 0.4) is 0 Å². The summed E-state index contributed by atoms with van der Waals surface area (Å²) in [6, 6.07) is 0. The van der Waals surface area contributed by atoms with Crippen LogP contribution in [0.2, 0.25) is 0 Å². The summed E-state index contributed by atoms with van der Waals surface area (Å²) in [6.07, 6.45) is 0. The Morgan fingerprint density at radius 2 is 1.92 bits per heavy atom. The molecule has 26 heavy (non-hydrogen) atoms. The molecular formula is C15H18N4O4S3. The molecule has 0 fully saturated rings. The number of carbonyl (C=O) groups is 3. The minimum atomic E-state index is -0.570. The van der Waals surface area contributed by atoms with E-state index in [2.05, 4.69) is 20.8 Å². The molecule has 8 nitrogen and oxygen atoms in total. The van der Waals surface area contributed by atoms with Gasteiger partial charge in [-0.3, -0.25) is 9.59 Å². The Morgan fingerprint density at radius 3 is 2.50 bits per heavy atom. The van der Waals surface area contributed by atoms with E-state index >= 15 is 0 Å². The highest BCUT2D eigenvalue weighted by atomic mass is 32.2. The Balaban J connectivity index is 2.19. The minimum absolute atomic E-state index is 0.114. The van der Waals surface area contributed by atoms with E-state index < -0.39 is 5.97 Å². The van der Waals surface area contributed by atoms with Gasteiger partial charge in [-0.25, -0.2) is 4.79 Å². The van der Waals surface area contributed by atoms with Crippen LogP contribution < -0.4 is 10.6 Å². The van der Waals surface area contributed by atoms with Crippen molar-refractivity contribution >= 4 is 57.2 Å². The van der Waals surface area contributed by atoms with Crippen molar-refractivity contribution in [2.75, 3.05) is 24.7 Å². The number of hydrogen-bond acceptors (Lipinski definition) is 9. The van der Waals surface area contributed by atoms with Gasteiger partial charge in [0.1, 0.15) is 10.0 Å². The average molecular weight is 415 g/mol. The zero-order valence-corrected chi connectivity index (χ0v) is 17.1. The molecular weight excluding hydrogens is 396 g/mol. The fourth-order valence-electron chi connectivity index (χ4n) is 2.01. The molecule has 0 aromatic carbocycles. The number of esters is 1. The first kappa shape index (κ1) is 20.3. The summed E-state index contributed by atoms with van der Waals surface area (Å²) < 4.78 is 5.74. The molecule has 2 N–H and O–H groups in total. The second kappa shape index (κ2) is 9.10. The summed E-state index contributed by atoms with van der Waals surface area (Å²) in [5.41, 5.74) is 0.691. The van der Waals surface area contributed by atoms with Crippen LogP contribution in [0.4, 0.5) is 5.00 Å². The molecule has 0 saturated carbocycles. The summed E-state index contributed by atoms with van der Waals surface area (Å²) in [5.74, 6) is -1.09. The van der Waals surface area contributed by atoms with Crippen LogP contribution in [0, 0.1) is 13.8 Å². The first-order chi connectivity index (χ1) is 12.4. The van der Waals surface area contributed by atoms with Gasteiger partial charge in [0.25, 0.3) is 5.91 Å². The zero-order chi connectivity index (χ0) is 19.3. The van der Waals surface area contributed by atoms with Crippen molar-refractivity contribution < 1.29 is 19.1 Å². The highest BCUT2D eigenvalue weighted by molar-refractivity contribution is 8.01. The van der Waals surface area contributed by atoms with Crippen LogP contribution in [0.1, 0.15) is 37.5 Å². The molecule has 0 radical (unpaired) electrons. The van der Waals surface area contributed by atoms with E-state index in [4.69, 9.17) is 4.74 Å². The summed E-state index contributed by atoms with van der Waals surface area (Å²) in [5, 5.41) is 14.2. The Kier molecular flexibility index (Phi) is 7.12. The molecule has 2 rings (SSSR count). The monoisotopic (exact) mass is 414 g/mol. The molecule has 0 aliphatic heterocycles. The largest absolute Gasteiger partial charge is 0.462 e. The summed E-state index contributed by atoms with van der Waals surface area (Å²) in [6.45, 7) is 5.38. The zero-order valence-electron chi connectivity index (χ0n) is 14.7. The van der Waals surface area contributed by atoms with E-state index in [1.54, 1.807) is 13.8 Å². The first-order valence-electron chi connectivity index (χ1n) is 7.62. The molecule has 0 aliphatic carbocycles. The predicted molar refractivity (Wildman–Crippen MR) is 102 cm³/mol. The Morgan fingerprint density at radius 1 is 1.19 bits per heavy atom. The molecule has 2 aromatic rings. The summed E-state index contributed by atoms with van der Waals surface area (Å²) >= 11 is 3.71. The Bertz CT molecular complexity index is 831. The van der Waals surface area contributed by atoms with Gasteiger partial charge < -0.3 is 15.4 Å². The van der Waals surface area contributed by atoms with Gasteiger partial charge in [-0.2, -0.15) is 0 Å². The summed E-state index contributed by atoms with van der Waals surface area (Å²) in [7, 11) is 1.50. The quantitative estimate of drug-likeness (QED) is 0.529. The second-order valence-electron chi connectivity index (χ2n) is 4.98. The van der Waals surface area contributed by atoms with Crippen molar-refractivity contribution in [3.63, 3.8) is 0 Å². The molecule has 11 heteroatoms. The van der Waals surface area contributed by atoms with Crippen LogP contribution in [-0.2, 0) is 9.53 Å². The maximum Gasteiger partial charge on any atom is 0.341 e. The van der Waals surface area contributed by atoms with Crippen molar-refractivity contribution in [1.29, 1.82) is 0 Å². The van der Waals surface area contributed by atoms with Crippen molar-refractivity contribution in [2.45, 2.75) is 25.1 Å². The normalized spacial score (nSPS) is 10.5. The van der Waals surface area contributed by atoms with Gasteiger partial charge in [-0.05, 0) is 26.3 Å². The topological polar surface area (TPSA) is 110 Å². The average Bonchev–Trinajstić information content (AvgIpc) is 3.15. The highest BCUT2D eigenvalue weighted by Crippen LogP contribution is 2.34. The maximum atomic E-state index is 12.3. The number of nitrogens with one attached hydrogen (secondary N) is 2. The number of amides is 2. The Labute approximate surface area is 162 Å². The second-order valence-corrected chi connectivity index (χ2v) is 8.41. The third-order valence-corrected chi connectivity index (χ3v) is 6.32. The van der Waals surface area contributed by atoms with Crippen molar-refractivity contribution in [3.05, 3.63) is 21.0 Å². The van der Waals surface area contributed by atoms with E-state index in [-0.39, 0.29) is 29.7 Å². The molecule has 2 heterocycles. The van der Waals surface area contributed by atoms with Crippen molar-refractivity contribution in [1.82, 2.24) is 15.5 Å². The smallest absolute Gasteiger partial charge is 0.341 e. The van der Waals surface area contributed by atoms with E-state index in [9.17, 15) is 14.4 Å². The standard InChI is InChI=1S/C15H18N4O4S3/c1-5-23-14(22)10-7(2)11(12(21)16-4)26-13(10)17-9(20)6-24-15-19-18-8(3)25-15/h5-6H2,1-4H3,(H,16,21)(H,17,20). The molecule has 0 spiro atoms. The van der Waals surface area contributed by atoms with Gasteiger partial charge in [0, 0.05) is 7.05 Å². The number of nitrogens with zero attached hydrogens (tertiary/aromatic N) is 2. The lowest BCUT2D eigenvalue weighted by Crippen LogP contribution is -2.18. The number of aryl methyl sites for hydroxylation is 1. The lowest BCUT2D eigenvalue weighted by molar-refractivity contribution is -0.113. The fraction of sp³-hybridized carbons (Fsp3) is 0.400. The molecule has 2 amide bonds. The van der Waals surface area contributed by atoms with Gasteiger partial charge in [0.15, 0.2) is 4.34 Å². The van der Waals surface area contributed by atoms with Crippen molar-refractivity contribution in [2.24, 2.45) is 0 Å². The number of rotatable bonds is 7. The van der Waals surface area contributed by atoms with Gasteiger partial charge >= 0.3 is 5.97 Å². The van der Waals surface area contributed by atoms with E-state index in [0.717, 1.165) is 16.3 Å². The number of thioether (sulfide) groups is 1. The molecule has 0 unspecified atom stereocenters. The lowest BCUT2D eigenvalue weighted by atomic mass is 10.1. The van der Waals surface area contributed by atoms with Gasteiger partial charge in [-0.15, -0.1) is 21.5 Å². The number of carbonyl (C=O) groups excluding carboxylic acids is 3. The van der Waals surface area contributed by atoms with Crippen LogP contribution in [0.15, 0.2) is 4.34 Å². The van der Waals surface area contributed by atoms with Crippen LogP contribution in [0.25, 0.3) is 0 Å². The highest BCUT2D eigenvalue weighted by Gasteiger charge is 2.26. The SMILES string of the molecule is CCOC(=O)c1c(NC(=O)CSc2nnc(C)s2)sc(C(=O)NC)c1C. The minimum Gasteiger partial charge on any atom is -0.462 e. The lowest BCUT2D eigenvalue weighted by Gasteiger charge is -2.06. The van der Waals surface area contributed by atoms with Gasteiger partial charge in [0.05, 0.1) is 22.8 Å². The molecule has 0 bridgehead atoms. The Hall–Kier alpha value is -1.98. The van der Waals surface area contributed by atoms with Crippen LogP contribution in [-0.4, -0.2) is 47.4 Å². The van der Waals surface area contributed by atoms with E-state index in [0.29, 0.717) is 19.8 Å². The van der Waals surface area contributed by atoms with E-state index in [1.807, 2.05) is 6.92 Å². The molecule has 0 saturated heterocycles. The molecule has 140 valence electrons. The number of thiophene rings is 1. The first-order valence-corrected chi connectivity index (χ1v) is 10.2. The van der Waals surface area contributed by atoms with E-state index in [1.165, 1.54) is 30.1 Å². The van der Waals surface area contributed by atoms with Crippen molar-refractivity contribution in [3.8, 4) is 0 Å². The third-order valence-electron chi connectivity index (χ3n) is 3.15.